The number of β-amino-alcohol motifs (C(OH)–C–C–N with tert-alkyl or cyclic N) is 1. The molecule has 1 saturated heterocycles. The SMILES string of the molecule is Cc1c(F)cccc1CC1(O)CCCNC1. The van der Waals surface area contributed by atoms with Crippen molar-refractivity contribution in [3.05, 3.63) is 35.1 Å². The number of piperidine rings is 1. The normalized spacial score (nSPS) is 25.7. The van der Waals surface area contributed by atoms with Gasteiger partial charge in [0.25, 0.3) is 0 Å². The van der Waals surface area contributed by atoms with Crippen molar-refractivity contribution in [2.75, 3.05) is 13.1 Å². The Morgan fingerprint density at radius 2 is 2.31 bits per heavy atom. The van der Waals surface area contributed by atoms with Gasteiger partial charge in [-0.3, -0.25) is 0 Å². The highest BCUT2D eigenvalue weighted by atomic mass is 19.1. The number of halogens is 1. The smallest absolute Gasteiger partial charge is 0.126 e. The lowest BCUT2D eigenvalue weighted by Gasteiger charge is -2.33. The average Bonchev–Trinajstić information content (AvgIpc) is 2.26. The van der Waals surface area contributed by atoms with Crippen LogP contribution in [0.4, 0.5) is 4.39 Å². The molecule has 1 aliphatic rings. The van der Waals surface area contributed by atoms with Crippen molar-refractivity contribution in [3.63, 3.8) is 0 Å². The molecule has 0 aliphatic carbocycles. The predicted molar refractivity (Wildman–Crippen MR) is 61.9 cm³/mol. The van der Waals surface area contributed by atoms with E-state index >= 15 is 0 Å². The summed E-state index contributed by atoms with van der Waals surface area (Å²) in [4.78, 5) is 0. The van der Waals surface area contributed by atoms with Crippen molar-refractivity contribution in [2.24, 2.45) is 0 Å². The first-order chi connectivity index (χ1) is 7.61. The van der Waals surface area contributed by atoms with Crippen LogP contribution < -0.4 is 5.32 Å². The van der Waals surface area contributed by atoms with Crippen molar-refractivity contribution in [1.82, 2.24) is 5.32 Å². The van der Waals surface area contributed by atoms with Crippen LogP contribution in [0.5, 0.6) is 0 Å². The molecule has 0 amide bonds. The van der Waals surface area contributed by atoms with Gasteiger partial charge in [-0.25, -0.2) is 4.39 Å². The minimum Gasteiger partial charge on any atom is -0.388 e. The molecule has 88 valence electrons. The largest absolute Gasteiger partial charge is 0.388 e. The van der Waals surface area contributed by atoms with Crippen LogP contribution in [0.15, 0.2) is 18.2 Å². The molecule has 16 heavy (non-hydrogen) atoms. The average molecular weight is 223 g/mol. The molecule has 2 rings (SSSR count). The molecule has 1 fully saturated rings. The Morgan fingerprint density at radius 1 is 1.50 bits per heavy atom. The first-order valence-electron chi connectivity index (χ1n) is 5.78. The molecular weight excluding hydrogens is 205 g/mol. The van der Waals surface area contributed by atoms with E-state index in [4.69, 9.17) is 0 Å². The van der Waals surface area contributed by atoms with Crippen LogP contribution in [0.2, 0.25) is 0 Å². The Kier molecular flexibility index (Phi) is 3.26. The third-order valence-electron chi connectivity index (χ3n) is 3.35. The molecule has 1 aromatic rings. The molecule has 0 spiro atoms. The summed E-state index contributed by atoms with van der Waals surface area (Å²) in [6.07, 6.45) is 2.30. The first-order valence-corrected chi connectivity index (χ1v) is 5.78. The van der Waals surface area contributed by atoms with Crippen LogP contribution >= 0.6 is 0 Å². The molecule has 2 nitrogen and oxygen atoms in total. The van der Waals surface area contributed by atoms with Crippen molar-refractivity contribution >= 4 is 0 Å². The van der Waals surface area contributed by atoms with Gasteiger partial charge in [0, 0.05) is 13.0 Å². The lowest BCUT2D eigenvalue weighted by Crippen LogP contribution is -2.47. The Morgan fingerprint density at radius 3 is 3.00 bits per heavy atom. The quantitative estimate of drug-likeness (QED) is 0.801. The van der Waals surface area contributed by atoms with Crippen molar-refractivity contribution in [3.8, 4) is 0 Å². The molecule has 1 aliphatic heterocycles. The zero-order valence-corrected chi connectivity index (χ0v) is 9.59. The van der Waals surface area contributed by atoms with E-state index in [0.29, 0.717) is 18.5 Å². The van der Waals surface area contributed by atoms with Crippen LogP contribution in [0, 0.1) is 12.7 Å². The summed E-state index contributed by atoms with van der Waals surface area (Å²) in [5.74, 6) is -0.190. The highest BCUT2D eigenvalue weighted by molar-refractivity contribution is 5.28. The van der Waals surface area contributed by atoms with E-state index in [0.717, 1.165) is 24.9 Å². The lowest BCUT2D eigenvalue weighted by molar-refractivity contribution is 0.0167. The van der Waals surface area contributed by atoms with Crippen molar-refractivity contribution in [2.45, 2.75) is 31.8 Å². The van der Waals surface area contributed by atoms with Gasteiger partial charge in [0.05, 0.1) is 5.60 Å². The monoisotopic (exact) mass is 223 g/mol. The van der Waals surface area contributed by atoms with Gasteiger partial charge in [0.2, 0.25) is 0 Å². The van der Waals surface area contributed by atoms with E-state index in [9.17, 15) is 9.50 Å². The molecule has 0 aromatic heterocycles. The second kappa shape index (κ2) is 4.52. The van der Waals surface area contributed by atoms with Crippen molar-refractivity contribution in [1.29, 1.82) is 0 Å². The molecule has 1 heterocycles. The number of aliphatic hydroxyl groups is 1. The highest BCUT2D eigenvalue weighted by Crippen LogP contribution is 2.24. The van der Waals surface area contributed by atoms with Gasteiger partial charge in [-0.2, -0.15) is 0 Å². The minimum absolute atomic E-state index is 0.190. The summed E-state index contributed by atoms with van der Waals surface area (Å²) < 4.78 is 13.4. The summed E-state index contributed by atoms with van der Waals surface area (Å²) in [6, 6.07) is 5.06. The van der Waals surface area contributed by atoms with E-state index in [1.165, 1.54) is 6.07 Å². The zero-order chi connectivity index (χ0) is 11.6. The van der Waals surface area contributed by atoms with Crippen LogP contribution in [0.3, 0.4) is 0 Å². The molecule has 1 atom stereocenters. The maximum absolute atomic E-state index is 13.4. The summed E-state index contributed by atoms with van der Waals surface area (Å²) in [7, 11) is 0. The van der Waals surface area contributed by atoms with E-state index in [1.807, 2.05) is 6.07 Å². The fourth-order valence-electron chi connectivity index (χ4n) is 2.30. The second-order valence-corrected chi connectivity index (χ2v) is 4.71. The maximum Gasteiger partial charge on any atom is 0.126 e. The van der Waals surface area contributed by atoms with E-state index in [-0.39, 0.29) is 5.82 Å². The predicted octanol–water partition coefficient (Wildman–Crippen LogP) is 1.79. The van der Waals surface area contributed by atoms with Gasteiger partial charge in [-0.1, -0.05) is 12.1 Å². The number of hydrogen-bond donors (Lipinski definition) is 2. The second-order valence-electron chi connectivity index (χ2n) is 4.71. The van der Waals surface area contributed by atoms with Gasteiger partial charge < -0.3 is 10.4 Å². The first kappa shape index (κ1) is 11.6. The third kappa shape index (κ3) is 2.42. The minimum atomic E-state index is -0.712. The summed E-state index contributed by atoms with van der Waals surface area (Å²) >= 11 is 0. The van der Waals surface area contributed by atoms with E-state index in [1.54, 1.807) is 13.0 Å². The van der Waals surface area contributed by atoms with Crippen LogP contribution in [0.1, 0.15) is 24.0 Å². The van der Waals surface area contributed by atoms with E-state index < -0.39 is 5.60 Å². The van der Waals surface area contributed by atoms with Gasteiger partial charge in [0.15, 0.2) is 0 Å². The van der Waals surface area contributed by atoms with Gasteiger partial charge in [-0.15, -0.1) is 0 Å². The number of rotatable bonds is 2. The highest BCUT2D eigenvalue weighted by Gasteiger charge is 2.29. The molecule has 2 N–H and O–H groups in total. The molecular formula is C13H18FNO. The Balaban J connectivity index is 2.16. The molecule has 1 aromatic carbocycles. The van der Waals surface area contributed by atoms with Gasteiger partial charge in [0.1, 0.15) is 5.82 Å². The van der Waals surface area contributed by atoms with Crippen molar-refractivity contribution < 1.29 is 9.50 Å². The Labute approximate surface area is 95.5 Å². The van der Waals surface area contributed by atoms with Crippen LogP contribution in [0.25, 0.3) is 0 Å². The third-order valence-corrected chi connectivity index (χ3v) is 3.35. The van der Waals surface area contributed by atoms with Gasteiger partial charge in [-0.05, 0) is 43.5 Å². The molecule has 1 unspecified atom stereocenters. The van der Waals surface area contributed by atoms with E-state index in [2.05, 4.69) is 5.32 Å². The maximum atomic E-state index is 13.4. The van der Waals surface area contributed by atoms with Crippen LogP contribution in [-0.4, -0.2) is 23.8 Å². The fraction of sp³-hybridized carbons (Fsp3) is 0.538. The molecule has 0 bridgehead atoms. The molecule has 0 radical (unpaired) electrons. The van der Waals surface area contributed by atoms with Gasteiger partial charge >= 0.3 is 0 Å². The summed E-state index contributed by atoms with van der Waals surface area (Å²) in [5, 5.41) is 13.5. The fourth-order valence-corrected chi connectivity index (χ4v) is 2.30. The Hall–Kier alpha value is -0.930. The summed E-state index contributed by atoms with van der Waals surface area (Å²) in [5.41, 5.74) is 0.851. The standard InChI is InChI=1S/C13H18FNO/c1-10-11(4-2-5-12(10)14)8-13(16)6-3-7-15-9-13/h2,4-5,15-16H,3,6-9H2,1H3. The number of benzene rings is 1. The molecule has 0 saturated carbocycles. The summed E-state index contributed by atoms with van der Waals surface area (Å²) in [6.45, 7) is 3.33. The van der Waals surface area contributed by atoms with Crippen LogP contribution in [-0.2, 0) is 6.42 Å². The lowest BCUT2D eigenvalue weighted by atomic mass is 9.86. The number of nitrogens with one attached hydrogen (secondary N) is 1. The Bertz CT molecular complexity index is 372. The topological polar surface area (TPSA) is 32.3 Å². The zero-order valence-electron chi connectivity index (χ0n) is 9.59. The number of hydrogen-bond acceptors (Lipinski definition) is 2. The molecule has 3 heteroatoms.